The highest BCUT2D eigenvalue weighted by Gasteiger charge is 2.27. The third-order valence-corrected chi connectivity index (χ3v) is 5.14. The molecule has 1 heterocycles. The summed E-state index contributed by atoms with van der Waals surface area (Å²) in [6, 6.07) is 4.57. The highest BCUT2D eigenvalue weighted by molar-refractivity contribution is 5.79. The van der Waals surface area contributed by atoms with Crippen molar-refractivity contribution in [3.8, 4) is 0 Å². The summed E-state index contributed by atoms with van der Waals surface area (Å²) in [5.74, 6) is 1.48. The van der Waals surface area contributed by atoms with Crippen molar-refractivity contribution in [1.29, 1.82) is 0 Å². The smallest absolute Gasteiger partial charge is 0.198 e. The molecule has 1 fully saturated rings. The zero-order valence-corrected chi connectivity index (χ0v) is 15.6. The predicted octanol–water partition coefficient (Wildman–Crippen LogP) is 6.47. The summed E-state index contributed by atoms with van der Waals surface area (Å²) >= 11 is 0. The minimum Gasteiger partial charge on any atom is -0.440 e. The van der Waals surface area contributed by atoms with E-state index >= 15 is 0 Å². The summed E-state index contributed by atoms with van der Waals surface area (Å²) in [7, 11) is 0. The van der Waals surface area contributed by atoms with E-state index in [9.17, 15) is 0 Å². The van der Waals surface area contributed by atoms with Crippen LogP contribution in [0.1, 0.15) is 96.6 Å². The van der Waals surface area contributed by atoms with Crippen molar-refractivity contribution in [3.63, 3.8) is 0 Å². The first-order valence-electron chi connectivity index (χ1n) is 9.12. The van der Waals surface area contributed by atoms with Gasteiger partial charge in [0.2, 0.25) is 0 Å². The van der Waals surface area contributed by atoms with E-state index in [4.69, 9.17) is 9.40 Å². The number of nitrogens with zero attached hydrogens (tertiary/aromatic N) is 1. The fourth-order valence-corrected chi connectivity index (χ4v) is 3.56. The van der Waals surface area contributed by atoms with E-state index < -0.39 is 0 Å². The lowest BCUT2D eigenvalue weighted by Crippen LogP contribution is -2.16. The van der Waals surface area contributed by atoms with E-state index in [1.165, 1.54) is 43.2 Å². The van der Waals surface area contributed by atoms with Gasteiger partial charge in [0.15, 0.2) is 11.5 Å². The molecule has 0 N–H and O–H groups in total. The lowest BCUT2D eigenvalue weighted by molar-refractivity contribution is 0.372. The van der Waals surface area contributed by atoms with Crippen LogP contribution in [0, 0.1) is 0 Å². The fraction of sp³-hybridized carbons (Fsp3) is 0.667. The molecule has 126 valence electrons. The molecule has 0 bridgehead atoms. The first-order valence-corrected chi connectivity index (χ1v) is 9.12. The van der Waals surface area contributed by atoms with Gasteiger partial charge in [0.05, 0.1) is 0 Å². The lowest BCUT2D eigenvalue weighted by Gasteiger charge is -2.24. The molecule has 3 rings (SSSR count). The normalized spacial score (nSPS) is 17.8. The van der Waals surface area contributed by atoms with Gasteiger partial charge in [0, 0.05) is 11.5 Å². The number of hydrogen-bond donors (Lipinski definition) is 0. The molecule has 2 heteroatoms. The molecule has 1 aromatic heterocycles. The van der Waals surface area contributed by atoms with Gasteiger partial charge in [-0.1, -0.05) is 66.9 Å². The van der Waals surface area contributed by atoms with Crippen LogP contribution in [0.2, 0.25) is 0 Å². The number of hydrogen-bond acceptors (Lipinski definition) is 2. The zero-order valence-electron chi connectivity index (χ0n) is 15.6. The van der Waals surface area contributed by atoms with Crippen LogP contribution in [0.15, 0.2) is 16.5 Å². The van der Waals surface area contributed by atoms with E-state index in [1.54, 1.807) is 0 Å². The Kier molecular flexibility index (Phi) is 4.06. The maximum Gasteiger partial charge on any atom is 0.198 e. The zero-order chi connectivity index (χ0) is 16.8. The van der Waals surface area contributed by atoms with E-state index in [0.29, 0.717) is 5.92 Å². The van der Waals surface area contributed by atoms with Gasteiger partial charge in [0.1, 0.15) is 5.52 Å². The largest absolute Gasteiger partial charge is 0.440 e. The summed E-state index contributed by atoms with van der Waals surface area (Å²) in [6.07, 6.45) is 6.43. The van der Waals surface area contributed by atoms with Crippen molar-refractivity contribution in [2.24, 2.45) is 0 Å². The maximum absolute atomic E-state index is 6.32. The lowest BCUT2D eigenvalue weighted by atomic mass is 9.80. The minimum atomic E-state index is 0.0584. The second kappa shape index (κ2) is 5.65. The average molecular weight is 313 g/mol. The second-order valence-corrected chi connectivity index (χ2v) is 9.26. The Morgan fingerprint density at radius 3 is 2.13 bits per heavy atom. The summed E-state index contributed by atoms with van der Waals surface area (Å²) in [5.41, 5.74) is 4.86. The summed E-state index contributed by atoms with van der Waals surface area (Å²) in [6.45, 7) is 13.6. The minimum absolute atomic E-state index is 0.0584. The molecular formula is C21H31NO. The molecule has 1 aliphatic rings. The van der Waals surface area contributed by atoms with Crippen LogP contribution in [0.5, 0.6) is 0 Å². The van der Waals surface area contributed by atoms with Gasteiger partial charge in [-0.2, -0.15) is 0 Å². The molecule has 0 spiro atoms. The van der Waals surface area contributed by atoms with Crippen LogP contribution in [-0.2, 0) is 10.8 Å². The summed E-state index contributed by atoms with van der Waals surface area (Å²) < 4.78 is 6.32. The topological polar surface area (TPSA) is 26.0 Å². The maximum atomic E-state index is 6.32. The molecule has 0 unspecified atom stereocenters. The van der Waals surface area contributed by atoms with Crippen molar-refractivity contribution in [1.82, 2.24) is 4.98 Å². The molecule has 0 radical (unpaired) electrons. The second-order valence-electron chi connectivity index (χ2n) is 9.26. The van der Waals surface area contributed by atoms with Crippen LogP contribution in [-0.4, -0.2) is 4.98 Å². The molecule has 0 aliphatic heterocycles. The number of aromatic nitrogens is 1. The van der Waals surface area contributed by atoms with Crippen LogP contribution >= 0.6 is 0 Å². The Morgan fingerprint density at radius 1 is 0.913 bits per heavy atom. The van der Waals surface area contributed by atoms with Crippen molar-refractivity contribution >= 4 is 11.1 Å². The third kappa shape index (κ3) is 3.32. The Balaban J connectivity index is 2.15. The third-order valence-electron chi connectivity index (χ3n) is 5.14. The molecular weight excluding hydrogens is 282 g/mol. The quantitative estimate of drug-likeness (QED) is 0.603. The molecule has 2 nitrogen and oxygen atoms in total. The molecule has 2 aromatic rings. The Hall–Kier alpha value is -1.31. The van der Waals surface area contributed by atoms with E-state index in [0.717, 1.165) is 17.0 Å². The van der Waals surface area contributed by atoms with Gasteiger partial charge in [0.25, 0.3) is 0 Å². The molecule has 23 heavy (non-hydrogen) atoms. The molecule has 0 atom stereocenters. The molecule has 0 amide bonds. The van der Waals surface area contributed by atoms with Crippen LogP contribution in [0.4, 0.5) is 0 Å². The van der Waals surface area contributed by atoms with E-state index in [1.807, 2.05) is 0 Å². The number of fused-ring (bicyclic) bond motifs is 1. The highest BCUT2D eigenvalue weighted by Crippen LogP contribution is 2.39. The highest BCUT2D eigenvalue weighted by atomic mass is 16.3. The van der Waals surface area contributed by atoms with Crippen molar-refractivity contribution in [2.75, 3.05) is 0 Å². The molecule has 1 aliphatic carbocycles. The standard InChI is InChI=1S/C21H31NO/c1-20(2,3)15-12-16(21(4,5)6)18-17(13-15)22-19(23-18)14-10-8-7-9-11-14/h12-14H,7-11H2,1-6H3. The van der Waals surface area contributed by atoms with Gasteiger partial charge in [-0.05, 0) is 35.3 Å². The molecule has 1 aromatic carbocycles. The number of benzene rings is 1. The Bertz CT molecular complexity index is 691. The van der Waals surface area contributed by atoms with Crippen LogP contribution in [0.3, 0.4) is 0 Å². The van der Waals surface area contributed by atoms with E-state index in [2.05, 4.69) is 53.7 Å². The summed E-state index contributed by atoms with van der Waals surface area (Å²) in [5, 5.41) is 0. The fourth-order valence-electron chi connectivity index (χ4n) is 3.56. The van der Waals surface area contributed by atoms with Crippen molar-refractivity contribution < 1.29 is 4.42 Å². The SMILES string of the molecule is CC(C)(C)c1cc(C(C)(C)C)c2oc(C3CCCCC3)nc2c1. The Labute approximate surface area is 140 Å². The summed E-state index contributed by atoms with van der Waals surface area (Å²) in [4.78, 5) is 4.92. The van der Waals surface area contributed by atoms with Crippen LogP contribution < -0.4 is 0 Å². The molecule has 0 saturated heterocycles. The van der Waals surface area contributed by atoms with Crippen molar-refractivity contribution in [2.45, 2.75) is 90.4 Å². The van der Waals surface area contributed by atoms with Crippen LogP contribution in [0.25, 0.3) is 11.1 Å². The van der Waals surface area contributed by atoms with Gasteiger partial charge in [-0.25, -0.2) is 4.98 Å². The Morgan fingerprint density at radius 2 is 1.57 bits per heavy atom. The number of rotatable bonds is 1. The van der Waals surface area contributed by atoms with E-state index in [-0.39, 0.29) is 10.8 Å². The van der Waals surface area contributed by atoms with Gasteiger partial charge < -0.3 is 4.42 Å². The predicted molar refractivity (Wildman–Crippen MR) is 97.2 cm³/mol. The monoisotopic (exact) mass is 313 g/mol. The molecule has 1 saturated carbocycles. The van der Waals surface area contributed by atoms with Gasteiger partial charge in [-0.15, -0.1) is 0 Å². The van der Waals surface area contributed by atoms with Crippen molar-refractivity contribution in [3.05, 3.63) is 29.2 Å². The first-order chi connectivity index (χ1) is 10.7. The van der Waals surface area contributed by atoms with Gasteiger partial charge in [-0.3, -0.25) is 0 Å². The number of oxazole rings is 1. The average Bonchev–Trinajstić information content (AvgIpc) is 2.89. The van der Waals surface area contributed by atoms with Gasteiger partial charge >= 0.3 is 0 Å². The first kappa shape index (κ1) is 16.5.